The van der Waals surface area contributed by atoms with E-state index < -0.39 is 0 Å². The van der Waals surface area contributed by atoms with Crippen molar-refractivity contribution < 1.29 is 0 Å². The van der Waals surface area contributed by atoms with Crippen LogP contribution >= 0.6 is 11.3 Å². The monoisotopic (exact) mass is 685 g/mol. The Kier molecular flexibility index (Phi) is 6.77. The van der Waals surface area contributed by atoms with E-state index in [4.69, 9.17) is 9.97 Å². The van der Waals surface area contributed by atoms with Crippen molar-refractivity contribution in [2.24, 2.45) is 0 Å². The lowest BCUT2D eigenvalue weighted by Gasteiger charge is -2.35. The Hall–Kier alpha value is -6.10. The van der Waals surface area contributed by atoms with Gasteiger partial charge >= 0.3 is 0 Å². The van der Waals surface area contributed by atoms with Crippen LogP contribution < -0.4 is 0 Å². The summed E-state index contributed by atoms with van der Waals surface area (Å²) >= 11 is 1.88. The second-order valence-corrected chi connectivity index (χ2v) is 15.2. The number of fused-ring (bicyclic) bond motifs is 8. The quantitative estimate of drug-likeness (QED) is 0.181. The molecule has 0 N–H and O–H groups in total. The van der Waals surface area contributed by atoms with Crippen LogP contribution in [0.2, 0.25) is 0 Å². The van der Waals surface area contributed by atoms with Crippen LogP contribution in [0.25, 0.3) is 93.6 Å². The van der Waals surface area contributed by atoms with Gasteiger partial charge in [0.1, 0.15) is 4.83 Å². The first kappa shape index (κ1) is 30.7. The first-order valence-electron chi connectivity index (χ1n) is 17.8. The van der Waals surface area contributed by atoms with Gasteiger partial charge in [0, 0.05) is 43.0 Å². The molecule has 0 aliphatic carbocycles. The Morgan fingerprint density at radius 2 is 1.44 bits per heavy atom. The van der Waals surface area contributed by atoms with Crippen molar-refractivity contribution in [2.45, 2.75) is 26.2 Å². The lowest BCUT2D eigenvalue weighted by Crippen LogP contribution is -2.26. The number of hydrogen-bond acceptors (Lipinski definition) is 3. The highest BCUT2D eigenvalue weighted by molar-refractivity contribution is 7.25. The van der Waals surface area contributed by atoms with Crippen molar-refractivity contribution in [3.05, 3.63) is 162 Å². The SMILES string of the molecule is C=Cc1nc(-c2ccc3c(c2)C(C)(C)c2cccc4c5c6ccccc6sc5n-3c24)nc(-c2cccc(-c3cccc4ccccc34)c2)c1/C=C\C. The van der Waals surface area contributed by atoms with Gasteiger partial charge in [0.2, 0.25) is 0 Å². The van der Waals surface area contributed by atoms with E-state index in [2.05, 4.69) is 165 Å². The number of nitrogens with zero attached hydrogens (tertiary/aromatic N) is 3. The fourth-order valence-corrected chi connectivity index (χ4v) is 9.66. The number of hydrogen-bond donors (Lipinski definition) is 0. The van der Waals surface area contributed by atoms with Crippen LogP contribution in [0.3, 0.4) is 0 Å². The Bertz CT molecular complexity index is 2970. The summed E-state index contributed by atoms with van der Waals surface area (Å²) in [6, 6.07) is 46.2. The van der Waals surface area contributed by atoms with Crippen LogP contribution in [-0.4, -0.2) is 14.5 Å². The van der Waals surface area contributed by atoms with Crippen LogP contribution in [0.4, 0.5) is 0 Å². The molecule has 1 aliphatic rings. The zero-order valence-electron chi connectivity index (χ0n) is 29.3. The summed E-state index contributed by atoms with van der Waals surface area (Å²) in [7, 11) is 0. The van der Waals surface area contributed by atoms with Crippen LogP contribution in [0.1, 0.15) is 43.2 Å². The third-order valence-corrected chi connectivity index (χ3v) is 12.0. The van der Waals surface area contributed by atoms with Crippen molar-refractivity contribution in [3.8, 4) is 39.5 Å². The van der Waals surface area contributed by atoms with Crippen LogP contribution in [0.15, 0.2) is 140 Å². The maximum absolute atomic E-state index is 5.37. The predicted octanol–water partition coefficient (Wildman–Crippen LogP) is 13.3. The Morgan fingerprint density at radius 3 is 2.31 bits per heavy atom. The predicted molar refractivity (Wildman–Crippen MR) is 222 cm³/mol. The minimum Gasteiger partial charge on any atom is -0.300 e. The Balaban J connectivity index is 1.17. The molecule has 6 aromatic carbocycles. The maximum Gasteiger partial charge on any atom is 0.160 e. The summed E-state index contributed by atoms with van der Waals surface area (Å²) in [4.78, 5) is 11.8. The highest BCUT2D eigenvalue weighted by atomic mass is 32.1. The topological polar surface area (TPSA) is 30.7 Å². The van der Waals surface area contributed by atoms with Gasteiger partial charge in [-0.1, -0.05) is 130 Å². The van der Waals surface area contributed by atoms with E-state index in [9.17, 15) is 0 Å². The van der Waals surface area contributed by atoms with E-state index in [1.165, 1.54) is 64.4 Å². The average molecular weight is 686 g/mol. The zero-order chi connectivity index (χ0) is 35.1. The van der Waals surface area contributed by atoms with Crippen molar-refractivity contribution in [1.29, 1.82) is 0 Å². The maximum atomic E-state index is 5.37. The van der Waals surface area contributed by atoms with Crippen LogP contribution in [-0.2, 0) is 5.41 Å². The van der Waals surface area contributed by atoms with E-state index in [0.717, 1.165) is 33.6 Å². The molecule has 0 atom stereocenters. The van der Waals surface area contributed by atoms with Gasteiger partial charge in [-0.2, -0.15) is 0 Å². The molecule has 0 saturated carbocycles. The molecule has 0 saturated heterocycles. The van der Waals surface area contributed by atoms with Gasteiger partial charge in [0.25, 0.3) is 0 Å². The minimum absolute atomic E-state index is 0.237. The number of allylic oxidation sites excluding steroid dienone is 1. The zero-order valence-corrected chi connectivity index (χ0v) is 30.1. The van der Waals surface area contributed by atoms with E-state index in [-0.39, 0.29) is 5.41 Å². The van der Waals surface area contributed by atoms with Gasteiger partial charge in [-0.25, -0.2) is 9.97 Å². The fraction of sp³-hybridized carbons (Fsp3) is 0.0833. The molecule has 4 heterocycles. The smallest absolute Gasteiger partial charge is 0.160 e. The van der Waals surface area contributed by atoms with Crippen LogP contribution in [0.5, 0.6) is 0 Å². The molecule has 4 heteroatoms. The molecule has 3 nitrogen and oxygen atoms in total. The van der Waals surface area contributed by atoms with Gasteiger partial charge in [-0.05, 0) is 76.4 Å². The van der Waals surface area contributed by atoms with E-state index in [1.54, 1.807) is 0 Å². The highest BCUT2D eigenvalue weighted by Crippen LogP contribution is 2.51. The molecule has 52 heavy (non-hydrogen) atoms. The summed E-state index contributed by atoms with van der Waals surface area (Å²) in [5.74, 6) is 0.691. The first-order chi connectivity index (χ1) is 25.5. The van der Waals surface area contributed by atoms with E-state index >= 15 is 0 Å². The first-order valence-corrected chi connectivity index (χ1v) is 18.6. The van der Waals surface area contributed by atoms with Crippen molar-refractivity contribution in [2.75, 3.05) is 0 Å². The summed E-state index contributed by atoms with van der Waals surface area (Å²) in [6.45, 7) is 10.9. The summed E-state index contributed by atoms with van der Waals surface area (Å²) < 4.78 is 3.82. The fourth-order valence-electron chi connectivity index (χ4n) is 8.42. The molecule has 9 aromatic rings. The molecule has 10 rings (SSSR count). The molecule has 0 spiro atoms. The molecule has 3 aromatic heterocycles. The van der Waals surface area contributed by atoms with Gasteiger partial charge < -0.3 is 4.57 Å². The number of thiophene rings is 1. The number of rotatable bonds is 5. The summed E-state index contributed by atoms with van der Waals surface area (Å²) in [5.41, 5.74) is 12.0. The normalized spacial score (nSPS) is 13.4. The third kappa shape index (κ3) is 4.37. The number of benzene rings is 6. The van der Waals surface area contributed by atoms with Crippen molar-refractivity contribution >= 4 is 65.5 Å². The number of aromatic nitrogens is 3. The van der Waals surface area contributed by atoms with E-state index in [1.807, 2.05) is 24.3 Å². The molecule has 0 fully saturated rings. The molecule has 1 aliphatic heterocycles. The van der Waals surface area contributed by atoms with E-state index in [0.29, 0.717) is 5.82 Å². The highest BCUT2D eigenvalue weighted by Gasteiger charge is 2.36. The lowest BCUT2D eigenvalue weighted by molar-refractivity contribution is 0.630. The summed E-state index contributed by atoms with van der Waals surface area (Å²) in [5, 5.41) is 6.45. The molecule has 0 bridgehead atoms. The molecular formula is C48H35N3S. The Labute approximate surface area is 306 Å². The second kappa shape index (κ2) is 11.5. The van der Waals surface area contributed by atoms with Gasteiger partial charge in [-0.15, -0.1) is 11.3 Å². The van der Waals surface area contributed by atoms with Gasteiger partial charge in [0.05, 0.1) is 22.6 Å². The third-order valence-electron chi connectivity index (χ3n) is 10.9. The molecule has 0 radical (unpaired) electrons. The average Bonchev–Trinajstić information content (AvgIpc) is 3.72. The summed E-state index contributed by atoms with van der Waals surface area (Å²) in [6.07, 6.45) is 6.00. The standard InChI is InChI=1S/C48H35N3S/c1-5-14-35-40(6-2)49-46(50-44(35)31-18-11-17-30(27-31)34-21-12-16-29-15-7-8-19-33(29)34)32-25-26-41-39(28-32)48(3,4)38-23-13-22-37-43-36-20-9-10-24-42(36)52-47(43)51(41)45(37)38/h5-28H,2H2,1,3-4H3/b14-5-. The lowest BCUT2D eigenvalue weighted by atomic mass is 9.74. The molecule has 0 unspecified atom stereocenters. The van der Waals surface area contributed by atoms with Crippen LogP contribution in [0, 0.1) is 0 Å². The molecule has 0 amide bonds. The molecule has 248 valence electrons. The van der Waals surface area contributed by atoms with Crippen molar-refractivity contribution in [1.82, 2.24) is 14.5 Å². The largest absolute Gasteiger partial charge is 0.300 e. The van der Waals surface area contributed by atoms with Crippen molar-refractivity contribution in [3.63, 3.8) is 0 Å². The van der Waals surface area contributed by atoms with Gasteiger partial charge in [-0.3, -0.25) is 0 Å². The second-order valence-electron chi connectivity index (χ2n) is 14.2. The van der Waals surface area contributed by atoms with Gasteiger partial charge in [0.15, 0.2) is 5.82 Å². The number of para-hydroxylation sites is 1. The molecular weight excluding hydrogens is 651 g/mol. The Morgan fingerprint density at radius 1 is 0.692 bits per heavy atom. The minimum atomic E-state index is -0.237.